The van der Waals surface area contributed by atoms with Gasteiger partial charge in [-0.25, -0.2) is 5.50 Å². The maximum atomic E-state index is 15.3. The SMILES string of the molecule is NP1(=O)N(c2cccc3cccc(-c4ccccc4)c23)c2ccccc2N1c1cccc2cccc(-c3ccccc3)c12. The molecule has 1 aliphatic heterocycles. The lowest BCUT2D eigenvalue weighted by molar-refractivity contribution is 0.577. The van der Waals surface area contributed by atoms with Crippen molar-refractivity contribution in [2.75, 3.05) is 9.34 Å². The van der Waals surface area contributed by atoms with E-state index in [0.29, 0.717) is 0 Å². The Morgan fingerprint density at radius 3 is 1.16 bits per heavy atom. The predicted molar refractivity (Wildman–Crippen MR) is 181 cm³/mol. The van der Waals surface area contributed by atoms with Crippen LogP contribution in [-0.4, -0.2) is 0 Å². The number of fused-ring (bicyclic) bond motifs is 3. The Morgan fingerprint density at radius 1 is 0.395 bits per heavy atom. The van der Waals surface area contributed by atoms with E-state index in [4.69, 9.17) is 5.50 Å². The van der Waals surface area contributed by atoms with Crippen LogP contribution in [0.1, 0.15) is 0 Å². The molecule has 8 rings (SSSR count). The molecule has 1 aliphatic rings. The van der Waals surface area contributed by atoms with Gasteiger partial charge in [-0.3, -0.25) is 13.9 Å². The van der Waals surface area contributed by atoms with Crippen LogP contribution in [0.4, 0.5) is 22.7 Å². The minimum absolute atomic E-state index is 0.817. The number of hydrogen-bond acceptors (Lipinski definition) is 1. The average molecular weight is 574 g/mol. The molecule has 0 fully saturated rings. The van der Waals surface area contributed by atoms with E-state index < -0.39 is 7.59 Å². The van der Waals surface area contributed by atoms with E-state index in [1.54, 1.807) is 0 Å². The first-order valence-electron chi connectivity index (χ1n) is 14.4. The molecule has 0 saturated carbocycles. The second-order valence-electron chi connectivity index (χ2n) is 10.8. The van der Waals surface area contributed by atoms with Crippen LogP contribution in [0.5, 0.6) is 0 Å². The van der Waals surface area contributed by atoms with Gasteiger partial charge in [0.2, 0.25) is 0 Å². The zero-order valence-corrected chi connectivity index (χ0v) is 24.2. The van der Waals surface area contributed by atoms with E-state index in [9.17, 15) is 0 Å². The molecule has 7 aromatic carbocycles. The fourth-order valence-electron chi connectivity index (χ4n) is 6.50. The molecule has 206 valence electrons. The summed E-state index contributed by atoms with van der Waals surface area (Å²) in [5, 5.41) is 4.15. The molecule has 0 aliphatic carbocycles. The summed E-state index contributed by atoms with van der Waals surface area (Å²) in [4.78, 5) is 0. The highest BCUT2D eigenvalue weighted by Crippen LogP contribution is 2.68. The van der Waals surface area contributed by atoms with Crippen LogP contribution in [-0.2, 0) is 4.57 Å². The Hall–Kier alpha value is -5.15. The van der Waals surface area contributed by atoms with Crippen molar-refractivity contribution in [3.63, 3.8) is 0 Å². The number of para-hydroxylation sites is 2. The van der Waals surface area contributed by atoms with Gasteiger partial charge in [0.05, 0.1) is 22.7 Å². The summed E-state index contributed by atoms with van der Waals surface area (Å²) in [7, 11) is -3.75. The fourth-order valence-corrected chi connectivity index (χ4v) is 8.59. The Bertz CT molecular complexity index is 2030. The number of anilines is 4. The third kappa shape index (κ3) is 3.99. The van der Waals surface area contributed by atoms with Crippen LogP contribution in [0.15, 0.2) is 158 Å². The van der Waals surface area contributed by atoms with Crippen LogP contribution in [0.3, 0.4) is 0 Å². The first-order chi connectivity index (χ1) is 21.1. The van der Waals surface area contributed by atoms with Crippen molar-refractivity contribution >= 4 is 51.9 Å². The average Bonchev–Trinajstić information content (AvgIpc) is 3.30. The van der Waals surface area contributed by atoms with Crippen LogP contribution in [0.2, 0.25) is 0 Å². The predicted octanol–water partition coefficient (Wildman–Crippen LogP) is 10.7. The topological polar surface area (TPSA) is 49.6 Å². The zero-order valence-electron chi connectivity index (χ0n) is 23.3. The molecular weight excluding hydrogens is 545 g/mol. The smallest absolute Gasteiger partial charge is 0.261 e. The van der Waals surface area contributed by atoms with E-state index in [1.165, 1.54) is 0 Å². The summed E-state index contributed by atoms with van der Waals surface area (Å²) in [6.07, 6.45) is 0. The molecular formula is C38H28N3OP. The van der Waals surface area contributed by atoms with E-state index in [0.717, 1.165) is 66.5 Å². The molecule has 0 unspecified atom stereocenters. The fraction of sp³-hybridized carbons (Fsp3) is 0. The van der Waals surface area contributed by atoms with Crippen LogP contribution in [0.25, 0.3) is 43.8 Å². The van der Waals surface area contributed by atoms with Gasteiger partial charge in [0.15, 0.2) is 0 Å². The third-order valence-electron chi connectivity index (χ3n) is 8.30. The van der Waals surface area contributed by atoms with E-state index in [-0.39, 0.29) is 0 Å². The van der Waals surface area contributed by atoms with E-state index >= 15 is 4.57 Å². The molecule has 0 amide bonds. The monoisotopic (exact) mass is 573 g/mol. The molecule has 4 nitrogen and oxygen atoms in total. The van der Waals surface area contributed by atoms with Crippen molar-refractivity contribution in [1.82, 2.24) is 0 Å². The van der Waals surface area contributed by atoms with Crippen LogP contribution >= 0.6 is 7.59 Å². The Morgan fingerprint density at radius 2 is 0.744 bits per heavy atom. The van der Waals surface area contributed by atoms with Crippen molar-refractivity contribution in [2.45, 2.75) is 0 Å². The highest BCUT2D eigenvalue weighted by atomic mass is 31.2. The standard InChI is InChI=1S/C38H28N3OP/c39-43(42)40(35-25-11-19-29-17-9-21-31(37(29)35)27-13-3-1-4-14-27)33-23-7-8-24-34(33)41(43)36-26-12-20-30-18-10-22-32(38(30)36)28-15-5-2-6-16-28/h1-26H,(H2,39,42). The van der Waals surface area contributed by atoms with Gasteiger partial charge in [0, 0.05) is 10.8 Å². The highest BCUT2D eigenvalue weighted by Gasteiger charge is 2.46. The first kappa shape index (κ1) is 25.6. The highest BCUT2D eigenvalue weighted by molar-refractivity contribution is 7.66. The van der Waals surface area contributed by atoms with Gasteiger partial charge in [-0.2, -0.15) is 0 Å². The lowest BCUT2D eigenvalue weighted by atomic mass is 9.96. The molecule has 2 N–H and O–H groups in total. The zero-order chi connectivity index (χ0) is 29.0. The van der Waals surface area contributed by atoms with Crippen molar-refractivity contribution in [3.05, 3.63) is 158 Å². The molecule has 7 aromatic rings. The summed E-state index contributed by atoms with van der Waals surface area (Å²) in [6, 6.07) is 53.6. The summed E-state index contributed by atoms with van der Waals surface area (Å²) in [6.45, 7) is 0. The minimum atomic E-state index is -3.75. The Kier molecular flexibility index (Phi) is 5.94. The van der Waals surface area contributed by atoms with Crippen molar-refractivity contribution in [2.24, 2.45) is 5.50 Å². The lowest BCUT2D eigenvalue weighted by Crippen LogP contribution is -2.24. The Labute approximate surface area is 250 Å². The van der Waals surface area contributed by atoms with Gasteiger partial charge in [-0.05, 0) is 57.3 Å². The minimum Gasteiger partial charge on any atom is -0.261 e. The molecule has 5 heteroatoms. The van der Waals surface area contributed by atoms with Crippen molar-refractivity contribution < 1.29 is 4.57 Å². The van der Waals surface area contributed by atoms with Crippen LogP contribution in [0, 0.1) is 0 Å². The summed E-state index contributed by atoms with van der Waals surface area (Å²) < 4.78 is 19.1. The molecule has 0 bridgehead atoms. The maximum absolute atomic E-state index is 15.3. The quantitative estimate of drug-likeness (QED) is 0.213. The second-order valence-corrected chi connectivity index (χ2v) is 12.8. The Balaban J connectivity index is 1.40. The number of nitrogens with zero attached hydrogens (tertiary/aromatic N) is 2. The number of rotatable bonds is 4. The van der Waals surface area contributed by atoms with E-state index in [2.05, 4.69) is 72.8 Å². The molecule has 1 heterocycles. The van der Waals surface area contributed by atoms with Gasteiger partial charge in [-0.15, -0.1) is 0 Å². The van der Waals surface area contributed by atoms with Crippen molar-refractivity contribution in [1.29, 1.82) is 0 Å². The molecule has 0 aromatic heterocycles. The van der Waals surface area contributed by atoms with Gasteiger partial charge in [-0.1, -0.05) is 133 Å². The summed E-state index contributed by atoms with van der Waals surface area (Å²) in [5.41, 5.74) is 14.8. The number of hydrogen-bond donors (Lipinski definition) is 1. The van der Waals surface area contributed by atoms with Crippen LogP contribution < -0.4 is 14.8 Å². The molecule has 0 atom stereocenters. The van der Waals surface area contributed by atoms with E-state index in [1.807, 2.05) is 94.3 Å². The molecule has 0 spiro atoms. The third-order valence-corrected chi connectivity index (χ3v) is 10.3. The number of benzene rings is 7. The van der Waals surface area contributed by atoms with Crippen molar-refractivity contribution in [3.8, 4) is 22.3 Å². The maximum Gasteiger partial charge on any atom is 0.339 e. The lowest BCUT2D eigenvalue weighted by Gasteiger charge is -2.31. The van der Waals surface area contributed by atoms with Gasteiger partial charge >= 0.3 is 7.59 Å². The first-order valence-corrected chi connectivity index (χ1v) is 16.0. The molecule has 43 heavy (non-hydrogen) atoms. The normalized spacial score (nSPS) is 13.9. The van der Waals surface area contributed by atoms with Gasteiger partial charge < -0.3 is 0 Å². The largest absolute Gasteiger partial charge is 0.339 e. The molecule has 0 saturated heterocycles. The molecule has 0 radical (unpaired) electrons. The number of nitrogens with two attached hydrogens (primary N) is 1. The summed E-state index contributed by atoms with van der Waals surface area (Å²) in [5.74, 6) is 0. The summed E-state index contributed by atoms with van der Waals surface area (Å²) >= 11 is 0. The second kappa shape index (κ2) is 9.99. The van der Waals surface area contributed by atoms with Gasteiger partial charge in [0.25, 0.3) is 0 Å². The van der Waals surface area contributed by atoms with Gasteiger partial charge in [0.1, 0.15) is 0 Å².